The van der Waals surface area contributed by atoms with Crippen LogP contribution in [0.5, 0.6) is 0 Å². The van der Waals surface area contributed by atoms with E-state index in [1.54, 1.807) is 44.2 Å². The molecule has 0 unspecified atom stereocenters. The molecule has 6 nitrogen and oxygen atoms in total. The van der Waals surface area contributed by atoms with E-state index in [2.05, 4.69) is 10.6 Å². The first-order chi connectivity index (χ1) is 10.9. The van der Waals surface area contributed by atoms with Crippen molar-refractivity contribution < 1.29 is 18.8 Å². The van der Waals surface area contributed by atoms with E-state index in [9.17, 15) is 14.4 Å². The highest BCUT2D eigenvalue weighted by Gasteiger charge is 2.14. The molecule has 2 rings (SSSR count). The van der Waals surface area contributed by atoms with Crippen LogP contribution < -0.4 is 10.6 Å². The summed E-state index contributed by atoms with van der Waals surface area (Å²) >= 11 is 0. The summed E-state index contributed by atoms with van der Waals surface area (Å²) in [5.41, 5.74) is 1.43. The summed E-state index contributed by atoms with van der Waals surface area (Å²) in [5.74, 6) is 0.317. The molecule has 1 aromatic carbocycles. The lowest BCUT2D eigenvalue weighted by molar-refractivity contribution is -0.115. The minimum atomic E-state index is -0.378. The van der Waals surface area contributed by atoms with E-state index < -0.39 is 0 Å². The van der Waals surface area contributed by atoms with Crippen molar-refractivity contribution in [2.45, 2.75) is 20.8 Å². The number of hydrogen-bond donors (Lipinski definition) is 2. The Balaban J connectivity index is 1.92. The number of benzene rings is 1. The molecule has 23 heavy (non-hydrogen) atoms. The third-order valence-corrected chi connectivity index (χ3v) is 3.25. The van der Waals surface area contributed by atoms with Crippen LogP contribution >= 0.6 is 0 Å². The van der Waals surface area contributed by atoms with E-state index in [-0.39, 0.29) is 24.1 Å². The average Bonchev–Trinajstić information content (AvgIpc) is 2.84. The number of carbonyl (C=O) groups excluding carboxylic acids is 3. The Morgan fingerprint density at radius 3 is 2.48 bits per heavy atom. The van der Waals surface area contributed by atoms with Gasteiger partial charge in [-0.1, -0.05) is 12.1 Å². The first kappa shape index (κ1) is 16.5. The molecular weight excluding hydrogens is 296 g/mol. The van der Waals surface area contributed by atoms with E-state index in [1.807, 2.05) is 0 Å². The number of amides is 2. The Labute approximate surface area is 133 Å². The zero-order valence-corrected chi connectivity index (χ0v) is 13.2. The fraction of sp³-hybridized carbons (Fsp3) is 0.235. The summed E-state index contributed by atoms with van der Waals surface area (Å²) in [4.78, 5) is 35.2. The van der Waals surface area contributed by atoms with Gasteiger partial charge in [-0.3, -0.25) is 14.4 Å². The maximum atomic E-state index is 12.0. The second-order valence-corrected chi connectivity index (χ2v) is 5.19. The summed E-state index contributed by atoms with van der Waals surface area (Å²) in [7, 11) is 0. The zero-order valence-electron chi connectivity index (χ0n) is 13.2. The molecule has 2 aromatic rings. The molecule has 0 radical (unpaired) electrons. The van der Waals surface area contributed by atoms with E-state index in [1.165, 1.54) is 6.92 Å². The number of ketones is 1. The molecule has 0 aliphatic rings. The van der Waals surface area contributed by atoms with Crippen molar-refractivity contribution in [3.63, 3.8) is 0 Å². The first-order valence-corrected chi connectivity index (χ1v) is 7.13. The monoisotopic (exact) mass is 314 g/mol. The molecule has 0 spiro atoms. The minimum Gasteiger partial charge on any atom is -0.466 e. The predicted octanol–water partition coefficient (Wildman–Crippen LogP) is 2.47. The average molecular weight is 314 g/mol. The van der Waals surface area contributed by atoms with Gasteiger partial charge in [0.1, 0.15) is 11.5 Å². The fourth-order valence-corrected chi connectivity index (χ4v) is 2.13. The quantitative estimate of drug-likeness (QED) is 0.830. The van der Waals surface area contributed by atoms with E-state index in [0.29, 0.717) is 28.3 Å². The summed E-state index contributed by atoms with van der Waals surface area (Å²) in [5, 5.41) is 5.17. The summed E-state index contributed by atoms with van der Waals surface area (Å²) in [6, 6.07) is 8.24. The highest BCUT2D eigenvalue weighted by molar-refractivity contribution is 6.00. The second kappa shape index (κ2) is 6.91. The normalized spacial score (nSPS) is 10.2. The van der Waals surface area contributed by atoms with Gasteiger partial charge in [-0.05, 0) is 39.0 Å². The summed E-state index contributed by atoms with van der Waals surface area (Å²) in [6.07, 6.45) is 0. The van der Waals surface area contributed by atoms with E-state index in [4.69, 9.17) is 4.42 Å². The van der Waals surface area contributed by atoms with Crippen molar-refractivity contribution in [1.82, 2.24) is 5.32 Å². The van der Waals surface area contributed by atoms with Crippen molar-refractivity contribution in [3.05, 3.63) is 53.0 Å². The highest BCUT2D eigenvalue weighted by atomic mass is 16.3. The molecule has 120 valence electrons. The molecule has 1 aromatic heterocycles. The van der Waals surface area contributed by atoms with E-state index >= 15 is 0 Å². The van der Waals surface area contributed by atoms with Gasteiger partial charge in [-0.2, -0.15) is 0 Å². The van der Waals surface area contributed by atoms with Crippen LogP contribution in [0.3, 0.4) is 0 Å². The lowest BCUT2D eigenvalue weighted by atomic mass is 10.1. The van der Waals surface area contributed by atoms with Crippen LogP contribution in [-0.4, -0.2) is 24.1 Å². The van der Waals surface area contributed by atoms with Gasteiger partial charge >= 0.3 is 0 Å². The van der Waals surface area contributed by atoms with Gasteiger partial charge in [-0.25, -0.2) is 0 Å². The first-order valence-electron chi connectivity index (χ1n) is 7.13. The zero-order chi connectivity index (χ0) is 17.0. The molecule has 0 aliphatic carbocycles. The Kier molecular flexibility index (Phi) is 4.95. The molecular formula is C17H18N2O4. The SMILES string of the molecule is CC(=O)c1cccc(NC(=O)CNC(=O)c2cc(C)oc2C)c1. The lowest BCUT2D eigenvalue weighted by Crippen LogP contribution is -2.33. The van der Waals surface area contributed by atoms with Gasteiger partial charge in [-0.15, -0.1) is 0 Å². The molecule has 2 amide bonds. The Morgan fingerprint density at radius 2 is 1.87 bits per heavy atom. The van der Waals surface area contributed by atoms with Crippen molar-refractivity contribution in [2.75, 3.05) is 11.9 Å². The van der Waals surface area contributed by atoms with Crippen LogP contribution in [0.15, 0.2) is 34.7 Å². The fourth-order valence-electron chi connectivity index (χ4n) is 2.13. The van der Waals surface area contributed by atoms with Crippen molar-refractivity contribution in [1.29, 1.82) is 0 Å². The summed E-state index contributed by atoms with van der Waals surface area (Å²) in [6.45, 7) is 4.72. The van der Waals surface area contributed by atoms with Crippen LogP contribution in [0.25, 0.3) is 0 Å². The molecule has 2 N–H and O–H groups in total. The third-order valence-electron chi connectivity index (χ3n) is 3.25. The van der Waals surface area contributed by atoms with Crippen LogP contribution in [-0.2, 0) is 4.79 Å². The molecule has 0 atom stereocenters. The maximum Gasteiger partial charge on any atom is 0.255 e. The van der Waals surface area contributed by atoms with Crippen LogP contribution in [0.2, 0.25) is 0 Å². The molecule has 0 saturated heterocycles. The number of Topliss-reactive ketones (excluding diaryl/α,β-unsaturated/α-hetero) is 1. The Morgan fingerprint density at radius 1 is 1.13 bits per heavy atom. The number of hydrogen-bond acceptors (Lipinski definition) is 4. The van der Waals surface area contributed by atoms with Gasteiger partial charge < -0.3 is 15.1 Å². The highest BCUT2D eigenvalue weighted by Crippen LogP contribution is 2.13. The third kappa shape index (κ3) is 4.29. The largest absolute Gasteiger partial charge is 0.466 e. The molecule has 0 aliphatic heterocycles. The number of anilines is 1. The topological polar surface area (TPSA) is 88.4 Å². The number of rotatable bonds is 5. The molecule has 0 saturated carbocycles. The lowest BCUT2D eigenvalue weighted by Gasteiger charge is -2.07. The molecule has 6 heteroatoms. The van der Waals surface area contributed by atoms with E-state index in [0.717, 1.165) is 0 Å². The standard InChI is InChI=1S/C17H18N2O4/c1-10-7-15(12(3)23-10)17(22)18-9-16(21)19-14-6-4-5-13(8-14)11(2)20/h4-8H,9H2,1-3H3,(H,18,22)(H,19,21). The van der Waals surface area contributed by atoms with Crippen LogP contribution in [0, 0.1) is 13.8 Å². The molecule has 1 heterocycles. The maximum absolute atomic E-state index is 12.0. The van der Waals surface area contributed by atoms with Gasteiger partial charge in [0.05, 0.1) is 12.1 Å². The van der Waals surface area contributed by atoms with Crippen molar-refractivity contribution in [3.8, 4) is 0 Å². The van der Waals surface area contributed by atoms with Crippen molar-refractivity contribution >= 4 is 23.3 Å². The summed E-state index contributed by atoms with van der Waals surface area (Å²) < 4.78 is 5.28. The number of nitrogens with one attached hydrogen (secondary N) is 2. The van der Waals surface area contributed by atoms with Gasteiger partial charge in [0.25, 0.3) is 5.91 Å². The molecule has 0 bridgehead atoms. The van der Waals surface area contributed by atoms with Gasteiger partial charge in [0.2, 0.25) is 5.91 Å². The predicted molar refractivity (Wildman–Crippen MR) is 85.6 cm³/mol. The van der Waals surface area contributed by atoms with Crippen molar-refractivity contribution in [2.24, 2.45) is 0 Å². The van der Waals surface area contributed by atoms with Crippen LogP contribution in [0.1, 0.15) is 39.2 Å². The molecule has 0 fully saturated rings. The van der Waals surface area contributed by atoms with Crippen LogP contribution in [0.4, 0.5) is 5.69 Å². The Hall–Kier alpha value is -2.89. The smallest absolute Gasteiger partial charge is 0.255 e. The minimum absolute atomic E-state index is 0.0831. The Bertz CT molecular complexity index is 762. The van der Waals surface area contributed by atoms with Gasteiger partial charge in [0.15, 0.2) is 5.78 Å². The number of carbonyl (C=O) groups is 3. The number of aryl methyl sites for hydroxylation is 2. The van der Waals surface area contributed by atoms with Gasteiger partial charge in [0, 0.05) is 11.3 Å². The number of furan rings is 1. The second-order valence-electron chi connectivity index (χ2n) is 5.19.